The molecule has 6 heteroatoms. The summed E-state index contributed by atoms with van der Waals surface area (Å²) in [6, 6.07) is 6.82. The fraction of sp³-hybridized carbons (Fsp3) is 0.583. The molecule has 1 saturated heterocycles. The second kappa shape index (κ2) is 9.54. The molecule has 4 nitrogen and oxygen atoms in total. The van der Waals surface area contributed by atoms with E-state index >= 15 is 0 Å². The predicted octanol–water partition coefficient (Wildman–Crippen LogP) is 4.75. The molecule has 1 N–H and O–H groups in total. The zero-order valence-corrected chi connectivity index (χ0v) is 18.4. The number of hydrogen-bond acceptors (Lipinski definition) is 3. The molecule has 2 atom stereocenters. The number of nitrogens with one attached hydrogen (secondary N) is 1. The molecule has 2 aliphatic carbocycles. The Morgan fingerprint density at radius 1 is 1.17 bits per heavy atom. The van der Waals surface area contributed by atoms with Crippen molar-refractivity contribution in [1.29, 1.82) is 0 Å². The molecule has 30 heavy (non-hydrogen) atoms. The standard InChI is InChI=1S/C24H31FN2O2S/c1-16-10-12-18(13-11-16)26-23(28)15-27-20-8-4-5-9-21(20)30-22(24(27)29)14-17-6-2-3-7-19(17)25/h2-3,6-7,14,16,18,20-21H,4-5,8-13,15H2,1H3,(H,26,28)/b22-14-. The average molecular weight is 431 g/mol. The first kappa shape index (κ1) is 21.4. The van der Waals surface area contributed by atoms with Crippen LogP contribution in [0.5, 0.6) is 0 Å². The number of halogens is 1. The molecule has 1 aromatic carbocycles. The zero-order valence-electron chi connectivity index (χ0n) is 17.6. The molecule has 0 aromatic heterocycles. The van der Waals surface area contributed by atoms with E-state index in [2.05, 4.69) is 12.2 Å². The van der Waals surface area contributed by atoms with Crippen molar-refractivity contribution < 1.29 is 14.0 Å². The smallest absolute Gasteiger partial charge is 0.261 e. The molecule has 0 radical (unpaired) electrons. The van der Waals surface area contributed by atoms with Crippen molar-refractivity contribution in [1.82, 2.24) is 10.2 Å². The summed E-state index contributed by atoms with van der Waals surface area (Å²) in [7, 11) is 0. The van der Waals surface area contributed by atoms with Crippen LogP contribution in [-0.2, 0) is 9.59 Å². The molecule has 2 amide bonds. The third-order valence-electron chi connectivity index (χ3n) is 6.70. The number of carbonyl (C=O) groups excluding carboxylic acids is 2. The summed E-state index contributed by atoms with van der Waals surface area (Å²) in [5.41, 5.74) is 0.420. The van der Waals surface area contributed by atoms with Gasteiger partial charge < -0.3 is 10.2 Å². The summed E-state index contributed by atoms with van der Waals surface area (Å²) in [4.78, 5) is 28.4. The summed E-state index contributed by atoms with van der Waals surface area (Å²) in [5, 5.41) is 3.43. The van der Waals surface area contributed by atoms with Crippen LogP contribution in [0.2, 0.25) is 0 Å². The van der Waals surface area contributed by atoms with Gasteiger partial charge in [0.25, 0.3) is 5.91 Å². The molecular weight excluding hydrogens is 399 g/mol. The molecule has 2 unspecified atom stereocenters. The first-order chi connectivity index (χ1) is 14.5. The van der Waals surface area contributed by atoms with E-state index in [-0.39, 0.29) is 41.5 Å². The highest BCUT2D eigenvalue weighted by molar-refractivity contribution is 8.04. The molecule has 3 aliphatic rings. The van der Waals surface area contributed by atoms with Gasteiger partial charge in [-0.15, -0.1) is 11.8 Å². The van der Waals surface area contributed by atoms with E-state index in [9.17, 15) is 14.0 Å². The number of thioether (sulfide) groups is 1. The van der Waals surface area contributed by atoms with Gasteiger partial charge in [-0.05, 0) is 56.6 Å². The van der Waals surface area contributed by atoms with E-state index in [1.807, 2.05) is 0 Å². The molecule has 4 rings (SSSR count). The van der Waals surface area contributed by atoms with Gasteiger partial charge >= 0.3 is 0 Å². The van der Waals surface area contributed by atoms with Gasteiger partial charge in [0.2, 0.25) is 5.91 Å². The Bertz CT molecular complexity index is 819. The molecule has 1 aliphatic heterocycles. The van der Waals surface area contributed by atoms with Crippen molar-refractivity contribution >= 4 is 29.7 Å². The minimum absolute atomic E-state index is 0.0654. The van der Waals surface area contributed by atoms with Crippen LogP contribution in [-0.4, -0.2) is 40.6 Å². The number of nitrogens with zero attached hydrogens (tertiary/aromatic N) is 1. The molecule has 162 valence electrons. The number of rotatable bonds is 4. The molecule has 1 aromatic rings. The number of amides is 2. The summed E-state index contributed by atoms with van der Waals surface area (Å²) in [6.45, 7) is 2.36. The Labute approximate surface area is 182 Å². The average Bonchev–Trinajstić information content (AvgIpc) is 2.74. The third kappa shape index (κ3) is 4.90. The van der Waals surface area contributed by atoms with Crippen LogP contribution in [0.1, 0.15) is 63.9 Å². The largest absolute Gasteiger partial charge is 0.352 e. The Balaban J connectivity index is 1.50. The van der Waals surface area contributed by atoms with Gasteiger partial charge in [-0.3, -0.25) is 9.59 Å². The molecule has 3 fully saturated rings. The van der Waals surface area contributed by atoms with Crippen LogP contribution in [0.25, 0.3) is 6.08 Å². The van der Waals surface area contributed by atoms with Crippen LogP contribution in [0, 0.1) is 11.7 Å². The molecule has 0 bridgehead atoms. The lowest BCUT2D eigenvalue weighted by Crippen LogP contribution is -2.55. The number of carbonyl (C=O) groups is 2. The predicted molar refractivity (Wildman–Crippen MR) is 119 cm³/mol. The lowest BCUT2D eigenvalue weighted by molar-refractivity contribution is -0.136. The topological polar surface area (TPSA) is 49.4 Å². The fourth-order valence-corrected chi connectivity index (χ4v) is 6.39. The lowest BCUT2D eigenvalue weighted by atomic mass is 9.87. The normalized spacial score (nSPS) is 30.8. The number of benzene rings is 1. The van der Waals surface area contributed by atoms with Crippen molar-refractivity contribution in [2.75, 3.05) is 6.54 Å². The first-order valence-electron chi connectivity index (χ1n) is 11.2. The molecule has 0 spiro atoms. The number of hydrogen-bond donors (Lipinski definition) is 1. The van der Waals surface area contributed by atoms with Gasteiger partial charge in [0.15, 0.2) is 0 Å². The van der Waals surface area contributed by atoms with Crippen LogP contribution in [0.15, 0.2) is 29.2 Å². The van der Waals surface area contributed by atoms with Gasteiger partial charge in [0.1, 0.15) is 12.4 Å². The minimum Gasteiger partial charge on any atom is -0.352 e. The van der Waals surface area contributed by atoms with Crippen molar-refractivity contribution in [3.05, 3.63) is 40.6 Å². The summed E-state index contributed by atoms with van der Waals surface area (Å²) in [6.07, 6.45) is 10.1. The summed E-state index contributed by atoms with van der Waals surface area (Å²) < 4.78 is 14.2. The lowest BCUT2D eigenvalue weighted by Gasteiger charge is -2.44. The summed E-state index contributed by atoms with van der Waals surface area (Å²) >= 11 is 1.57. The van der Waals surface area contributed by atoms with Crippen molar-refractivity contribution in [3.63, 3.8) is 0 Å². The Kier molecular flexibility index (Phi) is 6.81. The van der Waals surface area contributed by atoms with Crippen LogP contribution < -0.4 is 5.32 Å². The second-order valence-electron chi connectivity index (χ2n) is 9.00. The maximum atomic E-state index is 14.2. The van der Waals surface area contributed by atoms with E-state index in [0.717, 1.165) is 57.3 Å². The number of fused-ring (bicyclic) bond motifs is 1. The SMILES string of the molecule is CC1CCC(NC(=O)CN2C(=O)/C(=C/c3ccccc3F)SC3CCCCC32)CC1. The Morgan fingerprint density at radius 3 is 2.67 bits per heavy atom. The van der Waals surface area contributed by atoms with E-state index in [1.165, 1.54) is 6.07 Å². The maximum absolute atomic E-state index is 14.2. The van der Waals surface area contributed by atoms with Crippen LogP contribution >= 0.6 is 11.8 Å². The Hall–Kier alpha value is -1.82. The van der Waals surface area contributed by atoms with Gasteiger partial charge in [-0.2, -0.15) is 0 Å². The molecule has 2 saturated carbocycles. The van der Waals surface area contributed by atoms with Gasteiger partial charge in [-0.1, -0.05) is 38.0 Å². The minimum atomic E-state index is -0.333. The van der Waals surface area contributed by atoms with E-state index in [1.54, 1.807) is 40.9 Å². The van der Waals surface area contributed by atoms with Gasteiger partial charge in [0.05, 0.1) is 4.91 Å². The maximum Gasteiger partial charge on any atom is 0.261 e. The Morgan fingerprint density at radius 2 is 1.90 bits per heavy atom. The van der Waals surface area contributed by atoms with E-state index < -0.39 is 0 Å². The monoisotopic (exact) mass is 430 g/mol. The van der Waals surface area contributed by atoms with Gasteiger partial charge in [-0.25, -0.2) is 4.39 Å². The van der Waals surface area contributed by atoms with Gasteiger partial charge in [0, 0.05) is 22.9 Å². The van der Waals surface area contributed by atoms with Crippen molar-refractivity contribution in [3.8, 4) is 0 Å². The fourth-order valence-electron chi connectivity index (χ4n) is 4.93. The second-order valence-corrected chi connectivity index (χ2v) is 10.3. The van der Waals surface area contributed by atoms with Crippen molar-refractivity contribution in [2.45, 2.75) is 75.6 Å². The highest BCUT2D eigenvalue weighted by atomic mass is 32.2. The molecule has 1 heterocycles. The van der Waals surface area contributed by atoms with E-state index in [4.69, 9.17) is 0 Å². The van der Waals surface area contributed by atoms with Crippen molar-refractivity contribution in [2.24, 2.45) is 5.92 Å². The highest BCUT2D eigenvalue weighted by Crippen LogP contribution is 2.42. The highest BCUT2D eigenvalue weighted by Gasteiger charge is 2.41. The quantitative estimate of drug-likeness (QED) is 0.702. The first-order valence-corrected chi connectivity index (χ1v) is 12.1. The van der Waals surface area contributed by atoms with Crippen LogP contribution in [0.4, 0.5) is 4.39 Å². The zero-order chi connectivity index (χ0) is 21.1. The third-order valence-corrected chi connectivity index (χ3v) is 8.10. The van der Waals surface area contributed by atoms with E-state index in [0.29, 0.717) is 10.5 Å². The van der Waals surface area contributed by atoms with Crippen LogP contribution in [0.3, 0.4) is 0 Å². The molecular formula is C24H31FN2O2S. The summed E-state index contributed by atoms with van der Waals surface area (Å²) in [5.74, 6) is 0.191.